The van der Waals surface area contributed by atoms with Crippen LogP contribution in [-0.4, -0.2) is 75.5 Å². The molecule has 0 N–H and O–H groups in total. The Labute approximate surface area is 368 Å². The summed E-state index contributed by atoms with van der Waals surface area (Å²) < 4.78 is 17.2. The van der Waals surface area contributed by atoms with Crippen LogP contribution in [-0.2, 0) is 28.6 Å². The first kappa shape index (κ1) is 57.0. The molecule has 0 spiro atoms. The SMILES string of the molecule is CC/C=C/C/C=C/C/C=C/C/C=C/C/C=C/CCCCCCCCCC(=O)OCC(COCCC(C(=O)[O-])[N+](C)(C)C)OC(=O)CCCCCCCCCCCCCCC. The number of hydrogen-bond donors (Lipinski definition) is 0. The summed E-state index contributed by atoms with van der Waals surface area (Å²) in [6.07, 6.45) is 52.4. The third kappa shape index (κ3) is 40.4. The van der Waals surface area contributed by atoms with Crippen molar-refractivity contribution < 1.29 is 38.2 Å². The molecule has 2 unspecified atom stereocenters. The number of quaternary nitrogens is 1. The number of unbranched alkanes of at least 4 members (excludes halogenated alkanes) is 19. The van der Waals surface area contributed by atoms with Gasteiger partial charge in [0.05, 0.1) is 40.3 Å². The second-order valence-corrected chi connectivity index (χ2v) is 17.3. The van der Waals surface area contributed by atoms with E-state index in [2.05, 4.69) is 74.6 Å². The molecule has 0 amide bonds. The monoisotopic (exact) mass is 842 g/mol. The highest BCUT2D eigenvalue weighted by atomic mass is 16.6. The number of nitrogens with zero attached hydrogens (tertiary/aromatic N) is 1. The zero-order valence-corrected chi connectivity index (χ0v) is 39.4. The molecule has 60 heavy (non-hydrogen) atoms. The Hall–Kier alpha value is -2.97. The number of esters is 2. The molecule has 0 aliphatic carbocycles. The molecular weight excluding hydrogens is 751 g/mol. The topological polar surface area (TPSA) is 102 Å². The number of likely N-dealkylation sites (N-methyl/N-ethyl adjacent to an activating group) is 1. The Morgan fingerprint density at radius 1 is 0.517 bits per heavy atom. The van der Waals surface area contributed by atoms with Gasteiger partial charge < -0.3 is 28.6 Å². The number of allylic oxidation sites excluding steroid dienone is 10. The molecule has 8 heteroatoms. The van der Waals surface area contributed by atoms with Crippen molar-refractivity contribution in [2.45, 2.75) is 212 Å². The van der Waals surface area contributed by atoms with Crippen LogP contribution in [0.2, 0.25) is 0 Å². The van der Waals surface area contributed by atoms with E-state index in [4.69, 9.17) is 14.2 Å². The van der Waals surface area contributed by atoms with Crippen molar-refractivity contribution in [2.75, 3.05) is 41.0 Å². The van der Waals surface area contributed by atoms with Crippen LogP contribution in [0.3, 0.4) is 0 Å². The lowest BCUT2D eigenvalue weighted by molar-refractivity contribution is -0.889. The molecule has 0 radical (unpaired) electrons. The van der Waals surface area contributed by atoms with Crippen molar-refractivity contribution in [3.63, 3.8) is 0 Å². The fraction of sp³-hybridized carbons (Fsp3) is 0.750. The van der Waals surface area contributed by atoms with Gasteiger partial charge in [-0.15, -0.1) is 0 Å². The zero-order chi connectivity index (χ0) is 44.2. The van der Waals surface area contributed by atoms with E-state index in [0.29, 0.717) is 12.8 Å². The van der Waals surface area contributed by atoms with Crippen LogP contribution in [0.5, 0.6) is 0 Å². The van der Waals surface area contributed by atoms with Gasteiger partial charge in [0, 0.05) is 19.3 Å². The average Bonchev–Trinajstić information content (AvgIpc) is 3.21. The standard InChI is InChI=1S/C52H91NO7/c1-6-8-10-12-14-16-18-20-21-22-23-24-25-26-27-28-29-31-32-34-36-38-40-42-50(54)59-47-48(46-58-45-44-49(52(56)57)53(3,4)5)60-51(55)43-41-39-37-35-33-30-19-17-15-13-11-9-7-2/h8,10,14,16,20-21,23-24,26-27,48-49H,6-7,9,11-13,15,17-19,22,25,28-47H2,1-5H3/b10-8+,16-14+,21-20+,24-23+,27-26+. The van der Waals surface area contributed by atoms with Crippen molar-refractivity contribution in [2.24, 2.45) is 0 Å². The Morgan fingerprint density at radius 2 is 0.933 bits per heavy atom. The highest BCUT2D eigenvalue weighted by Gasteiger charge is 2.25. The van der Waals surface area contributed by atoms with Crippen molar-refractivity contribution in [3.8, 4) is 0 Å². The molecule has 0 saturated heterocycles. The Morgan fingerprint density at radius 3 is 1.38 bits per heavy atom. The van der Waals surface area contributed by atoms with E-state index in [1.165, 1.54) is 89.9 Å². The maximum atomic E-state index is 12.7. The summed E-state index contributed by atoms with van der Waals surface area (Å²) in [5, 5.41) is 11.6. The smallest absolute Gasteiger partial charge is 0.306 e. The van der Waals surface area contributed by atoms with Gasteiger partial charge in [-0.2, -0.15) is 0 Å². The predicted molar refractivity (Wildman–Crippen MR) is 249 cm³/mol. The van der Waals surface area contributed by atoms with E-state index in [1.807, 2.05) is 0 Å². The lowest BCUT2D eigenvalue weighted by Gasteiger charge is -2.34. The molecule has 0 aliphatic rings. The van der Waals surface area contributed by atoms with Crippen LogP contribution in [0.4, 0.5) is 0 Å². The summed E-state index contributed by atoms with van der Waals surface area (Å²) in [5.41, 5.74) is 0. The molecule has 0 fully saturated rings. The molecule has 8 nitrogen and oxygen atoms in total. The van der Waals surface area contributed by atoms with Crippen molar-refractivity contribution in [1.82, 2.24) is 0 Å². The van der Waals surface area contributed by atoms with E-state index in [0.717, 1.165) is 77.0 Å². The van der Waals surface area contributed by atoms with Crippen LogP contribution in [0.15, 0.2) is 60.8 Å². The number of carbonyl (C=O) groups excluding carboxylic acids is 3. The number of carboxylic acids is 1. The fourth-order valence-electron chi connectivity index (χ4n) is 6.92. The lowest BCUT2D eigenvalue weighted by Crippen LogP contribution is -2.55. The predicted octanol–water partition coefficient (Wildman–Crippen LogP) is 12.4. The Kier molecular flexibility index (Phi) is 40.6. The van der Waals surface area contributed by atoms with Crippen molar-refractivity contribution in [3.05, 3.63) is 60.8 Å². The molecule has 0 aromatic rings. The van der Waals surface area contributed by atoms with Gasteiger partial charge in [-0.1, -0.05) is 184 Å². The molecule has 0 bridgehead atoms. The highest BCUT2D eigenvalue weighted by Crippen LogP contribution is 2.15. The van der Waals surface area contributed by atoms with Gasteiger partial charge in [0.15, 0.2) is 6.10 Å². The van der Waals surface area contributed by atoms with E-state index < -0.39 is 18.1 Å². The second-order valence-electron chi connectivity index (χ2n) is 17.3. The van der Waals surface area contributed by atoms with Gasteiger partial charge in [0.25, 0.3) is 0 Å². The van der Waals surface area contributed by atoms with Gasteiger partial charge in [0.1, 0.15) is 12.6 Å². The fourth-order valence-corrected chi connectivity index (χ4v) is 6.92. The summed E-state index contributed by atoms with van der Waals surface area (Å²) in [5.74, 6) is -1.75. The minimum absolute atomic E-state index is 0.0373. The molecule has 0 aliphatic heterocycles. The van der Waals surface area contributed by atoms with Gasteiger partial charge in [-0.3, -0.25) is 9.59 Å². The van der Waals surface area contributed by atoms with Crippen LogP contribution in [0, 0.1) is 0 Å². The molecule has 0 saturated carbocycles. The first-order chi connectivity index (χ1) is 29.1. The normalized spacial score (nSPS) is 13.4. The van der Waals surface area contributed by atoms with E-state index in [-0.39, 0.29) is 42.7 Å². The number of rotatable bonds is 43. The summed E-state index contributed by atoms with van der Waals surface area (Å²) >= 11 is 0. The van der Waals surface area contributed by atoms with Crippen molar-refractivity contribution >= 4 is 17.9 Å². The molecule has 2 atom stereocenters. The summed E-state index contributed by atoms with van der Waals surface area (Å²) in [6.45, 7) is 4.54. The second kappa shape index (κ2) is 42.7. The van der Waals surface area contributed by atoms with Crippen molar-refractivity contribution in [1.29, 1.82) is 0 Å². The number of hydrogen-bond acceptors (Lipinski definition) is 7. The van der Waals surface area contributed by atoms with E-state index in [1.54, 1.807) is 21.1 Å². The van der Waals surface area contributed by atoms with Crippen LogP contribution < -0.4 is 5.11 Å². The largest absolute Gasteiger partial charge is 0.544 e. The van der Waals surface area contributed by atoms with Gasteiger partial charge >= 0.3 is 11.9 Å². The molecule has 0 rings (SSSR count). The third-order valence-electron chi connectivity index (χ3n) is 10.7. The van der Waals surface area contributed by atoms with Crippen LogP contribution in [0.25, 0.3) is 0 Å². The Balaban J connectivity index is 4.26. The first-order valence-corrected chi connectivity index (χ1v) is 24.3. The number of aliphatic carboxylic acids is 1. The number of carboxylic acid groups (broad SMARTS) is 1. The third-order valence-corrected chi connectivity index (χ3v) is 10.7. The number of carbonyl (C=O) groups is 3. The molecule has 0 aromatic heterocycles. The zero-order valence-electron chi connectivity index (χ0n) is 39.4. The average molecular weight is 842 g/mol. The van der Waals surface area contributed by atoms with Crippen LogP contribution >= 0.6 is 0 Å². The maximum Gasteiger partial charge on any atom is 0.306 e. The first-order valence-electron chi connectivity index (χ1n) is 24.3. The molecule has 0 heterocycles. The molecule has 346 valence electrons. The lowest BCUT2D eigenvalue weighted by atomic mass is 10.0. The maximum absolute atomic E-state index is 12.7. The highest BCUT2D eigenvalue weighted by molar-refractivity contribution is 5.70. The van der Waals surface area contributed by atoms with Gasteiger partial charge in [-0.25, -0.2) is 0 Å². The number of ether oxygens (including phenoxy) is 3. The van der Waals surface area contributed by atoms with E-state index in [9.17, 15) is 19.5 Å². The minimum atomic E-state index is -1.13. The quantitative estimate of drug-likeness (QED) is 0.0261. The molecular formula is C52H91NO7. The Bertz CT molecular complexity index is 1170. The van der Waals surface area contributed by atoms with Gasteiger partial charge in [0.2, 0.25) is 0 Å². The van der Waals surface area contributed by atoms with Gasteiger partial charge in [-0.05, 0) is 57.8 Å². The minimum Gasteiger partial charge on any atom is -0.544 e. The summed E-state index contributed by atoms with van der Waals surface area (Å²) in [4.78, 5) is 36.9. The van der Waals surface area contributed by atoms with Crippen LogP contribution in [0.1, 0.15) is 200 Å². The van der Waals surface area contributed by atoms with E-state index >= 15 is 0 Å². The summed E-state index contributed by atoms with van der Waals surface area (Å²) in [6, 6.07) is -0.728. The molecule has 0 aromatic carbocycles. The summed E-state index contributed by atoms with van der Waals surface area (Å²) in [7, 11) is 5.41.